The number of benzene rings is 3. The van der Waals surface area contributed by atoms with Crippen LogP contribution in [0.5, 0.6) is 0 Å². The molecule has 0 aromatic heterocycles. The van der Waals surface area contributed by atoms with Crippen LogP contribution in [-0.2, 0) is 16.1 Å². The molecular formula is C26H26F2N4O5. The van der Waals surface area contributed by atoms with Gasteiger partial charge < -0.3 is 21.1 Å². The standard InChI is InChI=1S/C26H26F2N4O5/c1-15(33)24(26(36)32-37)31-25(35)18-4-2-16(3-5-18)17-6-9-21(10-7-17)30-23(34)14-29-13-19-12-20(27)8-11-22(19)28/h2-12,15,24,29,33,37H,13-14H2,1H3,(H,30,34)(H,31,35)(H,32,36)/t15-,24+/m1/s1. The van der Waals surface area contributed by atoms with Crippen molar-refractivity contribution in [1.82, 2.24) is 16.1 Å². The van der Waals surface area contributed by atoms with Crippen molar-refractivity contribution in [2.24, 2.45) is 0 Å². The number of hydroxylamine groups is 1. The first-order valence-corrected chi connectivity index (χ1v) is 11.3. The minimum Gasteiger partial charge on any atom is -0.391 e. The summed E-state index contributed by atoms with van der Waals surface area (Å²) in [5.74, 6) is -3.02. The monoisotopic (exact) mass is 512 g/mol. The third kappa shape index (κ3) is 7.64. The number of anilines is 1. The highest BCUT2D eigenvalue weighted by Crippen LogP contribution is 2.22. The first-order chi connectivity index (χ1) is 17.7. The third-order valence-electron chi connectivity index (χ3n) is 5.42. The molecule has 0 bridgehead atoms. The predicted octanol–water partition coefficient (Wildman–Crippen LogP) is 2.34. The fourth-order valence-electron chi connectivity index (χ4n) is 3.45. The average molecular weight is 513 g/mol. The summed E-state index contributed by atoms with van der Waals surface area (Å²) in [5.41, 5.74) is 3.90. The van der Waals surface area contributed by atoms with Gasteiger partial charge in [-0.3, -0.25) is 19.6 Å². The second-order valence-electron chi connectivity index (χ2n) is 8.21. The Labute approximate surface area is 211 Å². The first-order valence-electron chi connectivity index (χ1n) is 11.3. The second kappa shape index (κ2) is 12.7. The average Bonchev–Trinajstić information content (AvgIpc) is 2.89. The molecule has 3 rings (SSSR count). The maximum Gasteiger partial charge on any atom is 0.268 e. The van der Waals surface area contributed by atoms with E-state index in [0.29, 0.717) is 5.69 Å². The largest absolute Gasteiger partial charge is 0.391 e. The Morgan fingerprint density at radius 1 is 0.919 bits per heavy atom. The molecule has 0 heterocycles. The highest BCUT2D eigenvalue weighted by atomic mass is 19.1. The molecule has 37 heavy (non-hydrogen) atoms. The van der Waals surface area contributed by atoms with E-state index >= 15 is 0 Å². The molecule has 0 saturated heterocycles. The van der Waals surface area contributed by atoms with Crippen molar-refractivity contribution < 1.29 is 33.5 Å². The summed E-state index contributed by atoms with van der Waals surface area (Å²) in [7, 11) is 0. The van der Waals surface area contributed by atoms with Crippen LogP contribution in [0, 0.1) is 11.6 Å². The van der Waals surface area contributed by atoms with Gasteiger partial charge in [-0.15, -0.1) is 0 Å². The molecule has 0 aliphatic heterocycles. The number of carbonyl (C=O) groups excluding carboxylic acids is 3. The number of carbonyl (C=O) groups is 3. The van der Waals surface area contributed by atoms with Crippen molar-refractivity contribution in [2.45, 2.75) is 25.6 Å². The Morgan fingerprint density at radius 2 is 1.54 bits per heavy atom. The zero-order valence-electron chi connectivity index (χ0n) is 19.8. The Hall–Kier alpha value is -4.19. The SMILES string of the molecule is C[C@@H](O)[C@H](NC(=O)c1ccc(-c2ccc(NC(=O)CNCc3cc(F)ccc3F)cc2)cc1)C(=O)NO. The molecular weight excluding hydrogens is 486 g/mol. The Balaban J connectivity index is 1.54. The number of aliphatic hydroxyl groups is 1. The van der Waals surface area contributed by atoms with Crippen molar-refractivity contribution in [3.63, 3.8) is 0 Å². The molecule has 0 fully saturated rings. The topological polar surface area (TPSA) is 140 Å². The van der Waals surface area contributed by atoms with Gasteiger partial charge in [-0.2, -0.15) is 0 Å². The molecule has 0 radical (unpaired) electrons. The number of rotatable bonds is 10. The maximum absolute atomic E-state index is 13.6. The molecule has 0 aliphatic rings. The number of halogens is 2. The lowest BCUT2D eigenvalue weighted by atomic mass is 10.0. The van der Waals surface area contributed by atoms with Crippen molar-refractivity contribution in [3.05, 3.63) is 89.5 Å². The van der Waals surface area contributed by atoms with E-state index in [1.165, 1.54) is 12.4 Å². The fraction of sp³-hybridized carbons (Fsp3) is 0.192. The van der Waals surface area contributed by atoms with Gasteiger partial charge >= 0.3 is 0 Å². The van der Waals surface area contributed by atoms with E-state index in [1.807, 2.05) is 0 Å². The summed E-state index contributed by atoms with van der Waals surface area (Å²) in [6, 6.07) is 15.2. The minimum atomic E-state index is -1.32. The summed E-state index contributed by atoms with van der Waals surface area (Å²) < 4.78 is 26.9. The molecule has 2 atom stereocenters. The van der Waals surface area contributed by atoms with Crippen molar-refractivity contribution >= 4 is 23.4 Å². The summed E-state index contributed by atoms with van der Waals surface area (Å²) in [6.45, 7) is 1.20. The van der Waals surface area contributed by atoms with Crippen LogP contribution in [0.4, 0.5) is 14.5 Å². The number of hydrogen-bond acceptors (Lipinski definition) is 6. The lowest BCUT2D eigenvalue weighted by Gasteiger charge is -2.19. The van der Waals surface area contributed by atoms with Gasteiger partial charge in [0.2, 0.25) is 5.91 Å². The van der Waals surface area contributed by atoms with Crippen LogP contribution in [0.1, 0.15) is 22.8 Å². The molecule has 0 aliphatic carbocycles. The Bertz CT molecular complexity index is 1250. The maximum atomic E-state index is 13.6. The van der Waals surface area contributed by atoms with Crippen molar-refractivity contribution in [2.75, 3.05) is 11.9 Å². The quantitative estimate of drug-likeness (QED) is 0.182. The Kier molecular flexibility index (Phi) is 9.39. The third-order valence-corrected chi connectivity index (χ3v) is 5.42. The fourth-order valence-corrected chi connectivity index (χ4v) is 3.45. The van der Waals surface area contributed by atoms with Gasteiger partial charge in [-0.1, -0.05) is 24.3 Å². The molecule has 3 amide bonds. The van der Waals surface area contributed by atoms with Gasteiger partial charge in [0.1, 0.15) is 17.7 Å². The number of amides is 3. The lowest BCUT2D eigenvalue weighted by Crippen LogP contribution is -2.51. The first kappa shape index (κ1) is 27.4. The smallest absolute Gasteiger partial charge is 0.268 e. The van der Waals surface area contributed by atoms with Crippen LogP contribution in [-0.4, -0.2) is 46.7 Å². The highest BCUT2D eigenvalue weighted by molar-refractivity contribution is 5.98. The summed E-state index contributed by atoms with van der Waals surface area (Å²) >= 11 is 0. The molecule has 11 heteroatoms. The summed E-state index contributed by atoms with van der Waals surface area (Å²) in [4.78, 5) is 36.2. The minimum absolute atomic E-state index is 0.00170. The summed E-state index contributed by atoms with van der Waals surface area (Å²) in [6.07, 6.45) is -1.22. The van der Waals surface area contributed by atoms with Crippen LogP contribution in [0.25, 0.3) is 11.1 Å². The van der Waals surface area contributed by atoms with Crippen LogP contribution in [0.2, 0.25) is 0 Å². The highest BCUT2D eigenvalue weighted by Gasteiger charge is 2.25. The predicted molar refractivity (Wildman–Crippen MR) is 131 cm³/mol. The van der Waals surface area contributed by atoms with E-state index in [4.69, 9.17) is 5.21 Å². The van der Waals surface area contributed by atoms with Gasteiger partial charge in [0.15, 0.2) is 0 Å². The Morgan fingerprint density at radius 3 is 2.14 bits per heavy atom. The van der Waals surface area contributed by atoms with Crippen LogP contribution >= 0.6 is 0 Å². The summed E-state index contributed by atoms with van der Waals surface area (Å²) in [5, 5.41) is 26.2. The number of nitrogens with one attached hydrogen (secondary N) is 4. The van der Waals surface area contributed by atoms with E-state index < -0.39 is 35.6 Å². The van der Waals surface area contributed by atoms with Gasteiger partial charge in [-0.05, 0) is 60.5 Å². The number of aliphatic hydroxyl groups excluding tert-OH is 1. The molecule has 3 aromatic rings. The zero-order chi connectivity index (χ0) is 26.9. The zero-order valence-corrected chi connectivity index (χ0v) is 19.8. The molecule has 6 N–H and O–H groups in total. The van der Waals surface area contributed by atoms with E-state index in [1.54, 1.807) is 48.5 Å². The van der Waals surface area contributed by atoms with Crippen LogP contribution < -0.4 is 21.4 Å². The van der Waals surface area contributed by atoms with Crippen molar-refractivity contribution in [3.8, 4) is 11.1 Å². The second-order valence-corrected chi connectivity index (χ2v) is 8.21. The van der Waals surface area contributed by atoms with Crippen molar-refractivity contribution in [1.29, 1.82) is 0 Å². The van der Waals surface area contributed by atoms with E-state index in [9.17, 15) is 28.3 Å². The normalized spacial score (nSPS) is 12.4. The van der Waals surface area contributed by atoms with E-state index in [2.05, 4.69) is 16.0 Å². The van der Waals surface area contributed by atoms with E-state index in [0.717, 1.165) is 29.3 Å². The van der Waals surface area contributed by atoms with Gasteiger partial charge in [0, 0.05) is 23.4 Å². The van der Waals surface area contributed by atoms with Crippen LogP contribution in [0.3, 0.4) is 0 Å². The van der Waals surface area contributed by atoms with Gasteiger partial charge in [0.05, 0.1) is 12.6 Å². The van der Waals surface area contributed by atoms with Gasteiger partial charge in [-0.25, -0.2) is 14.3 Å². The molecule has 0 saturated carbocycles. The lowest BCUT2D eigenvalue weighted by molar-refractivity contribution is -0.133. The van der Waals surface area contributed by atoms with Gasteiger partial charge in [0.25, 0.3) is 11.8 Å². The number of hydrogen-bond donors (Lipinski definition) is 6. The molecule has 9 nitrogen and oxygen atoms in total. The molecule has 194 valence electrons. The van der Waals surface area contributed by atoms with Crippen LogP contribution in [0.15, 0.2) is 66.7 Å². The molecule has 3 aromatic carbocycles. The van der Waals surface area contributed by atoms with E-state index in [-0.39, 0.29) is 30.1 Å². The molecule has 0 unspecified atom stereocenters. The molecule has 0 spiro atoms.